The minimum atomic E-state index is -4.36. The highest BCUT2D eigenvalue weighted by atomic mass is 19.4. The van der Waals surface area contributed by atoms with Crippen molar-refractivity contribution in [3.8, 4) is 11.3 Å². The van der Waals surface area contributed by atoms with Gasteiger partial charge in [-0.2, -0.15) is 18.3 Å². The number of hydrogen-bond acceptors (Lipinski definition) is 2. The molecule has 0 unspecified atom stereocenters. The van der Waals surface area contributed by atoms with E-state index in [9.17, 15) is 13.2 Å². The van der Waals surface area contributed by atoms with Crippen molar-refractivity contribution < 1.29 is 13.2 Å². The zero-order chi connectivity index (χ0) is 13.5. The predicted octanol–water partition coefficient (Wildman–Crippen LogP) is 3.00. The highest BCUT2D eigenvalue weighted by Gasteiger charge is 2.30. The summed E-state index contributed by atoms with van der Waals surface area (Å²) in [5.74, 6) is 0. The first-order valence-electron chi connectivity index (χ1n) is 5.27. The van der Waals surface area contributed by atoms with Gasteiger partial charge in [-0.05, 0) is 19.1 Å². The lowest BCUT2D eigenvalue weighted by molar-refractivity contribution is -0.137. The first-order chi connectivity index (χ1) is 8.30. The van der Waals surface area contributed by atoms with Crippen molar-refractivity contribution in [1.82, 2.24) is 9.78 Å². The maximum Gasteiger partial charge on any atom is 0.416 e. The second-order valence-corrected chi connectivity index (χ2v) is 4.05. The molecule has 0 atom stereocenters. The number of nitrogens with two attached hydrogens (primary N) is 1. The van der Waals surface area contributed by atoms with Crippen LogP contribution in [0, 0.1) is 6.92 Å². The van der Waals surface area contributed by atoms with Gasteiger partial charge in [-0.3, -0.25) is 4.68 Å². The van der Waals surface area contributed by atoms with Gasteiger partial charge in [0, 0.05) is 12.6 Å². The van der Waals surface area contributed by atoms with Crippen LogP contribution in [0.25, 0.3) is 11.3 Å². The average Bonchev–Trinajstić information content (AvgIpc) is 2.52. The van der Waals surface area contributed by atoms with Gasteiger partial charge in [0.2, 0.25) is 0 Å². The number of nitrogens with zero attached hydrogens (tertiary/aromatic N) is 2. The van der Waals surface area contributed by atoms with Crippen LogP contribution >= 0.6 is 0 Å². The number of halogens is 3. The third-order valence-electron chi connectivity index (χ3n) is 2.73. The molecule has 2 N–H and O–H groups in total. The Morgan fingerprint density at radius 3 is 2.44 bits per heavy atom. The van der Waals surface area contributed by atoms with E-state index in [1.165, 1.54) is 10.7 Å². The highest BCUT2D eigenvalue weighted by Crippen LogP contribution is 2.34. The quantitative estimate of drug-likeness (QED) is 0.851. The zero-order valence-electron chi connectivity index (χ0n) is 9.92. The normalized spacial score (nSPS) is 11.8. The standard InChI is InChI=1S/C12H12F3N3/c1-7-10(16)11(18(2)17-7)8-4-3-5-9(6-8)12(13,14)15/h3-6H,16H2,1-2H3. The Hall–Kier alpha value is -1.98. The molecule has 1 aromatic carbocycles. The van der Waals surface area contributed by atoms with Crippen LogP contribution in [0.3, 0.4) is 0 Å². The van der Waals surface area contributed by atoms with Crippen LogP contribution in [0.5, 0.6) is 0 Å². The number of aromatic nitrogens is 2. The Balaban J connectivity index is 2.58. The van der Waals surface area contributed by atoms with Gasteiger partial charge in [0.15, 0.2) is 0 Å². The van der Waals surface area contributed by atoms with Crippen molar-refractivity contribution in [2.24, 2.45) is 7.05 Å². The molecule has 3 nitrogen and oxygen atoms in total. The van der Waals surface area contributed by atoms with E-state index in [4.69, 9.17) is 5.73 Å². The molecule has 6 heteroatoms. The van der Waals surface area contributed by atoms with Gasteiger partial charge in [0.1, 0.15) is 0 Å². The zero-order valence-corrected chi connectivity index (χ0v) is 9.92. The summed E-state index contributed by atoms with van der Waals surface area (Å²) in [5, 5.41) is 4.09. The number of aryl methyl sites for hydroxylation is 2. The molecule has 0 aliphatic carbocycles. The minimum absolute atomic E-state index is 0.400. The molecule has 1 aromatic heterocycles. The van der Waals surface area contributed by atoms with E-state index < -0.39 is 11.7 Å². The lowest BCUT2D eigenvalue weighted by atomic mass is 10.1. The Kier molecular flexibility index (Phi) is 2.80. The van der Waals surface area contributed by atoms with E-state index in [-0.39, 0.29) is 0 Å². The fourth-order valence-corrected chi connectivity index (χ4v) is 1.86. The fraction of sp³-hybridized carbons (Fsp3) is 0.250. The molecule has 0 aliphatic rings. The molecule has 0 fully saturated rings. The Morgan fingerprint density at radius 1 is 1.28 bits per heavy atom. The summed E-state index contributed by atoms with van der Waals surface area (Å²) in [6.45, 7) is 1.71. The smallest absolute Gasteiger partial charge is 0.395 e. The molecular weight excluding hydrogens is 243 g/mol. The molecule has 0 saturated carbocycles. The van der Waals surface area contributed by atoms with Gasteiger partial charge in [-0.25, -0.2) is 0 Å². The van der Waals surface area contributed by atoms with E-state index in [0.717, 1.165) is 12.1 Å². The SMILES string of the molecule is Cc1nn(C)c(-c2cccc(C(F)(F)F)c2)c1N. The third-order valence-corrected chi connectivity index (χ3v) is 2.73. The lowest BCUT2D eigenvalue weighted by Gasteiger charge is -2.09. The summed E-state index contributed by atoms with van der Waals surface area (Å²) in [6.07, 6.45) is -4.36. The van der Waals surface area contributed by atoms with Gasteiger partial charge in [0.05, 0.1) is 22.6 Å². The van der Waals surface area contributed by atoms with Crippen LogP contribution in [-0.2, 0) is 13.2 Å². The number of nitrogen functional groups attached to an aromatic ring is 1. The minimum Gasteiger partial charge on any atom is -0.395 e. The van der Waals surface area contributed by atoms with Gasteiger partial charge in [-0.15, -0.1) is 0 Å². The fourth-order valence-electron chi connectivity index (χ4n) is 1.86. The summed E-state index contributed by atoms with van der Waals surface area (Å²) in [7, 11) is 1.65. The summed E-state index contributed by atoms with van der Waals surface area (Å²) in [6, 6.07) is 5.05. The number of rotatable bonds is 1. The summed E-state index contributed by atoms with van der Waals surface area (Å²) >= 11 is 0. The Labute approximate surface area is 102 Å². The second kappa shape index (κ2) is 4.04. The Morgan fingerprint density at radius 2 is 1.94 bits per heavy atom. The van der Waals surface area contributed by atoms with Crippen molar-refractivity contribution in [3.63, 3.8) is 0 Å². The predicted molar refractivity (Wildman–Crippen MR) is 62.8 cm³/mol. The van der Waals surface area contributed by atoms with Crippen LogP contribution in [0.15, 0.2) is 24.3 Å². The van der Waals surface area contributed by atoms with E-state index in [1.807, 2.05) is 0 Å². The lowest BCUT2D eigenvalue weighted by Crippen LogP contribution is -2.05. The first kappa shape index (κ1) is 12.5. The summed E-state index contributed by atoms with van der Waals surface area (Å²) < 4.78 is 39.4. The maximum absolute atomic E-state index is 12.6. The van der Waals surface area contributed by atoms with Crippen molar-refractivity contribution >= 4 is 5.69 Å². The summed E-state index contributed by atoms with van der Waals surface area (Å²) in [5.41, 5.74) is 7.04. The van der Waals surface area contributed by atoms with E-state index in [1.54, 1.807) is 20.0 Å². The monoisotopic (exact) mass is 255 g/mol. The molecule has 0 amide bonds. The molecule has 2 aromatic rings. The van der Waals surface area contributed by atoms with Crippen LogP contribution in [0.2, 0.25) is 0 Å². The molecule has 96 valence electrons. The van der Waals surface area contributed by atoms with Crippen molar-refractivity contribution in [3.05, 3.63) is 35.5 Å². The topological polar surface area (TPSA) is 43.8 Å². The number of hydrogen-bond donors (Lipinski definition) is 1. The maximum atomic E-state index is 12.6. The van der Waals surface area contributed by atoms with Gasteiger partial charge in [0.25, 0.3) is 0 Å². The van der Waals surface area contributed by atoms with E-state index >= 15 is 0 Å². The molecule has 1 heterocycles. The third kappa shape index (κ3) is 2.05. The van der Waals surface area contributed by atoms with Crippen LogP contribution in [0.4, 0.5) is 18.9 Å². The molecule has 2 rings (SSSR count). The average molecular weight is 255 g/mol. The van der Waals surface area contributed by atoms with Crippen LogP contribution in [0.1, 0.15) is 11.3 Å². The largest absolute Gasteiger partial charge is 0.416 e. The van der Waals surface area contributed by atoms with Crippen molar-refractivity contribution in [2.75, 3.05) is 5.73 Å². The van der Waals surface area contributed by atoms with Gasteiger partial charge in [-0.1, -0.05) is 12.1 Å². The first-order valence-corrected chi connectivity index (χ1v) is 5.27. The van der Waals surface area contributed by atoms with Gasteiger partial charge >= 0.3 is 6.18 Å². The van der Waals surface area contributed by atoms with E-state index in [2.05, 4.69) is 5.10 Å². The van der Waals surface area contributed by atoms with E-state index in [0.29, 0.717) is 22.6 Å². The molecule has 0 aliphatic heterocycles. The second-order valence-electron chi connectivity index (χ2n) is 4.05. The van der Waals surface area contributed by atoms with Crippen molar-refractivity contribution in [1.29, 1.82) is 0 Å². The molecular formula is C12H12F3N3. The summed E-state index contributed by atoms with van der Waals surface area (Å²) in [4.78, 5) is 0. The molecule has 0 spiro atoms. The number of benzene rings is 1. The molecule has 0 saturated heterocycles. The number of alkyl halides is 3. The number of anilines is 1. The van der Waals surface area contributed by atoms with Crippen molar-refractivity contribution in [2.45, 2.75) is 13.1 Å². The molecule has 0 radical (unpaired) electrons. The molecule has 0 bridgehead atoms. The highest BCUT2D eigenvalue weighted by molar-refractivity contribution is 5.75. The molecule has 18 heavy (non-hydrogen) atoms. The van der Waals surface area contributed by atoms with Crippen LogP contribution < -0.4 is 5.73 Å². The Bertz CT molecular complexity index is 585. The van der Waals surface area contributed by atoms with Gasteiger partial charge < -0.3 is 5.73 Å². The van der Waals surface area contributed by atoms with Crippen LogP contribution in [-0.4, -0.2) is 9.78 Å².